The van der Waals surface area contributed by atoms with Gasteiger partial charge >= 0.3 is 0 Å². The van der Waals surface area contributed by atoms with Crippen molar-refractivity contribution in [2.75, 3.05) is 0 Å². The maximum Gasteiger partial charge on any atom is 0.0595 e. The minimum atomic E-state index is 0.592. The van der Waals surface area contributed by atoms with Crippen LogP contribution < -0.4 is 0 Å². The van der Waals surface area contributed by atoms with Gasteiger partial charge in [0.25, 0.3) is 0 Å². The normalized spacial score (nSPS) is 21.3. The Labute approximate surface area is 127 Å². The zero-order chi connectivity index (χ0) is 12.7. The van der Waals surface area contributed by atoms with Crippen molar-refractivity contribution in [2.45, 2.75) is 36.9 Å². The monoisotopic (exact) mass is 346 g/mol. The molecule has 0 aromatic heterocycles. The lowest BCUT2D eigenvalue weighted by atomic mass is 9.90. The molecule has 1 aromatic carbocycles. The number of halogens is 3. The largest absolute Gasteiger partial charge is 0.0884 e. The lowest BCUT2D eigenvalue weighted by Gasteiger charge is -2.22. The maximum atomic E-state index is 6.08. The lowest BCUT2D eigenvalue weighted by molar-refractivity contribution is 0.393. The minimum Gasteiger partial charge on any atom is -0.0884 e. The molecule has 2 fully saturated rings. The summed E-state index contributed by atoms with van der Waals surface area (Å²) < 4.78 is 0. The van der Waals surface area contributed by atoms with Gasteiger partial charge in [-0.15, -0.1) is 0 Å². The molecule has 0 bridgehead atoms. The first kappa shape index (κ1) is 13.3. The Balaban J connectivity index is 1.68. The van der Waals surface area contributed by atoms with Crippen molar-refractivity contribution >= 4 is 39.1 Å². The molecule has 1 aromatic rings. The van der Waals surface area contributed by atoms with Crippen molar-refractivity contribution in [1.82, 2.24) is 0 Å². The van der Waals surface area contributed by atoms with Crippen molar-refractivity contribution < 1.29 is 0 Å². The predicted octanol–water partition coefficient (Wildman–Crippen LogP) is 5.74. The van der Waals surface area contributed by atoms with Crippen LogP contribution in [0, 0.1) is 17.8 Å². The first-order chi connectivity index (χ1) is 8.65. The smallest absolute Gasteiger partial charge is 0.0595 e. The van der Waals surface area contributed by atoms with Gasteiger partial charge in [0, 0.05) is 4.83 Å². The van der Waals surface area contributed by atoms with E-state index < -0.39 is 0 Å². The van der Waals surface area contributed by atoms with Gasteiger partial charge in [0.15, 0.2) is 0 Å². The first-order valence-electron chi connectivity index (χ1n) is 6.73. The lowest BCUT2D eigenvalue weighted by Crippen LogP contribution is -2.21. The second-order valence-electron chi connectivity index (χ2n) is 5.72. The average molecular weight is 348 g/mol. The molecule has 2 saturated carbocycles. The topological polar surface area (TPSA) is 0 Å². The summed E-state index contributed by atoms with van der Waals surface area (Å²) in [6.07, 6.45) is 6.80. The Kier molecular flexibility index (Phi) is 3.94. The fraction of sp³-hybridized carbons (Fsp3) is 0.600. The van der Waals surface area contributed by atoms with Crippen LogP contribution in [-0.4, -0.2) is 4.83 Å². The molecule has 0 nitrogen and oxygen atoms in total. The van der Waals surface area contributed by atoms with Crippen molar-refractivity contribution in [3.8, 4) is 0 Å². The van der Waals surface area contributed by atoms with Crippen LogP contribution in [0.3, 0.4) is 0 Å². The summed E-state index contributed by atoms with van der Waals surface area (Å²) in [7, 11) is 0. The summed E-state index contributed by atoms with van der Waals surface area (Å²) >= 11 is 16.0. The zero-order valence-electron chi connectivity index (χ0n) is 10.2. The van der Waals surface area contributed by atoms with E-state index in [0.717, 1.165) is 24.2 Å². The molecule has 18 heavy (non-hydrogen) atoms. The highest BCUT2D eigenvalue weighted by atomic mass is 79.9. The summed E-state index contributed by atoms with van der Waals surface area (Å²) in [6, 6.07) is 6.01. The number of alkyl halides is 1. The van der Waals surface area contributed by atoms with Crippen molar-refractivity contribution in [3.05, 3.63) is 33.8 Å². The molecule has 3 heteroatoms. The van der Waals surface area contributed by atoms with Crippen LogP contribution in [0.1, 0.15) is 31.2 Å². The highest BCUT2D eigenvalue weighted by Gasteiger charge is 2.44. The molecule has 0 heterocycles. The third kappa shape index (κ3) is 3.05. The zero-order valence-corrected chi connectivity index (χ0v) is 13.3. The molecule has 0 amide bonds. The van der Waals surface area contributed by atoms with E-state index in [-0.39, 0.29) is 0 Å². The molecule has 98 valence electrons. The highest BCUT2D eigenvalue weighted by Crippen LogP contribution is 2.52. The van der Waals surface area contributed by atoms with Gasteiger partial charge < -0.3 is 0 Å². The second kappa shape index (κ2) is 5.34. The molecule has 2 aliphatic carbocycles. The van der Waals surface area contributed by atoms with Crippen LogP contribution in [0.5, 0.6) is 0 Å². The Morgan fingerprint density at radius 1 is 1.06 bits per heavy atom. The van der Waals surface area contributed by atoms with Crippen LogP contribution in [0.4, 0.5) is 0 Å². The van der Waals surface area contributed by atoms with Crippen LogP contribution in [0.15, 0.2) is 18.2 Å². The summed E-state index contributed by atoms with van der Waals surface area (Å²) in [5.74, 6) is 2.83. The van der Waals surface area contributed by atoms with Gasteiger partial charge in [-0.05, 0) is 67.6 Å². The van der Waals surface area contributed by atoms with Crippen LogP contribution in [0.25, 0.3) is 0 Å². The van der Waals surface area contributed by atoms with Gasteiger partial charge in [0.2, 0.25) is 0 Å². The fourth-order valence-electron chi connectivity index (χ4n) is 2.97. The van der Waals surface area contributed by atoms with Gasteiger partial charge in [-0.25, -0.2) is 0 Å². The van der Waals surface area contributed by atoms with E-state index in [9.17, 15) is 0 Å². The molecule has 1 unspecified atom stereocenters. The molecular formula is C15H17BrCl2. The van der Waals surface area contributed by atoms with Crippen molar-refractivity contribution in [2.24, 2.45) is 17.8 Å². The Morgan fingerprint density at radius 3 is 2.17 bits per heavy atom. The molecule has 0 aliphatic heterocycles. The van der Waals surface area contributed by atoms with Gasteiger partial charge in [-0.3, -0.25) is 0 Å². The van der Waals surface area contributed by atoms with Gasteiger partial charge in [-0.1, -0.05) is 45.2 Å². The van der Waals surface area contributed by atoms with E-state index in [2.05, 4.69) is 22.0 Å². The van der Waals surface area contributed by atoms with E-state index in [0.29, 0.717) is 14.9 Å². The van der Waals surface area contributed by atoms with E-state index in [1.165, 1.54) is 31.2 Å². The third-order valence-electron chi connectivity index (χ3n) is 4.17. The first-order valence-corrected chi connectivity index (χ1v) is 8.40. The molecule has 3 rings (SSSR count). The molecule has 1 atom stereocenters. The quantitative estimate of drug-likeness (QED) is 0.596. The minimum absolute atomic E-state index is 0.592. The Bertz CT molecular complexity index is 426. The number of hydrogen-bond donors (Lipinski definition) is 0. The molecule has 2 aliphatic rings. The molecule has 0 saturated heterocycles. The summed E-state index contributed by atoms with van der Waals surface area (Å²) in [6.45, 7) is 0. The van der Waals surface area contributed by atoms with E-state index in [4.69, 9.17) is 23.2 Å². The molecule has 0 spiro atoms. The molecular weight excluding hydrogens is 331 g/mol. The number of benzene rings is 1. The van der Waals surface area contributed by atoms with Gasteiger partial charge in [-0.2, -0.15) is 0 Å². The second-order valence-corrected chi connectivity index (χ2v) is 7.71. The number of rotatable bonds is 5. The Hall–Kier alpha value is 0.280. The Morgan fingerprint density at radius 2 is 1.67 bits per heavy atom. The van der Waals surface area contributed by atoms with E-state index >= 15 is 0 Å². The average Bonchev–Trinajstić information content (AvgIpc) is 3.17. The molecule has 0 N–H and O–H groups in total. The third-order valence-corrected chi connectivity index (χ3v) is 5.84. The summed E-state index contributed by atoms with van der Waals surface area (Å²) in [4.78, 5) is 0.592. The van der Waals surface area contributed by atoms with Crippen LogP contribution in [-0.2, 0) is 6.42 Å². The summed E-state index contributed by atoms with van der Waals surface area (Å²) in [5.41, 5.74) is 1.29. The van der Waals surface area contributed by atoms with Gasteiger partial charge in [0.05, 0.1) is 10.0 Å². The SMILES string of the molecule is Clc1ccc(CC(Br)C(C2CC2)C2CC2)cc1Cl. The highest BCUT2D eigenvalue weighted by molar-refractivity contribution is 9.09. The maximum absolute atomic E-state index is 6.08. The van der Waals surface area contributed by atoms with E-state index in [1.54, 1.807) is 0 Å². The molecule has 0 radical (unpaired) electrons. The van der Waals surface area contributed by atoms with Crippen molar-refractivity contribution in [1.29, 1.82) is 0 Å². The standard InChI is InChI=1S/C15H17BrCl2/c16-12(15(10-2-3-10)11-4-5-11)7-9-1-6-13(17)14(18)8-9/h1,6,8,10-12,15H,2-5,7H2. The van der Waals surface area contributed by atoms with Crippen molar-refractivity contribution in [3.63, 3.8) is 0 Å². The van der Waals surface area contributed by atoms with Crippen LogP contribution in [0.2, 0.25) is 10.0 Å². The summed E-state index contributed by atoms with van der Waals surface area (Å²) in [5, 5.41) is 1.32. The number of hydrogen-bond acceptors (Lipinski definition) is 0. The van der Waals surface area contributed by atoms with E-state index in [1.807, 2.05) is 12.1 Å². The predicted molar refractivity (Wildman–Crippen MR) is 81.8 cm³/mol. The van der Waals surface area contributed by atoms with Gasteiger partial charge in [0.1, 0.15) is 0 Å². The van der Waals surface area contributed by atoms with Crippen LogP contribution >= 0.6 is 39.1 Å². The fourth-order valence-corrected chi connectivity index (χ4v) is 4.52.